The van der Waals surface area contributed by atoms with E-state index in [0.29, 0.717) is 13.2 Å². The molecule has 1 atom stereocenters. The van der Waals surface area contributed by atoms with E-state index in [2.05, 4.69) is 13.8 Å². The maximum atomic E-state index is 11.8. The van der Waals surface area contributed by atoms with E-state index in [1.807, 2.05) is 0 Å². The van der Waals surface area contributed by atoms with Crippen molar-refractivity contribution in [3.63, 3.8) is 0 Å². The van der Waals surface area contributed by atoms with E-state index in [1.165, 1.54) is 7.11 Å². The third-order valence-electron chi connectivity index (χ3n) is 3.55. The second-order valence-electron chi connectivity index (χ2n) is 4.95. The second-order valence-corrected chi connectivity index (χ2v) is 4.95. The Morgan fingerprint density at radius 3 is 2.40 bits per heavy atom. The first-order chi connectivity index (χ1) is 7.02. The van der Waals surface area contributed by atoms with Gasteiger partial charge in [0.05, 0.1) is 20.3 Å². The van der Waals surface area contributed by atoms with Gasteiger partial charge in [-0.15, -0.1) is 0 Å². The summed E-state index contributed by atoms with van der Waals surface area (Å²) in [6, 6.07) is 0. The molecule has 1 saturated carbocycles. The minimum Gasteiger partial charge on any atom is -0.469 e. The molecule has 4 heteroatoms. The van der Waals surface area contributed by atoms with Gasteiger partial charge in [-0.3, -0.25) is 4.79 Å². The molecule has 1 aliphatic carbocycles. The molecule has 0 aromatic carbocycles. The lowest BCUT2D eigenvalue weighted by Crippen LogP contribution is -2.44. The van der Waals surface area contributed by atoms with E-state index >= 15 is 0 Å². The van der Waals surface area contributed by atoms with E-state index < -0.39 is 5.79 Å². The van der Waals surface area contributed by atoms with Crippen LogP contribution in [0.4, 0.5) is 0 Å². The molecule has 2 rings (SSSR count). The minimum absolute atomic E-state index is 0.114. The van der Waals surface area contributed by atoms with Crippen LogP contribution >= 0.6 is 0 Å². The topological polar surface area (TPSA) is 44.8 Å². The average molecular weight is 214 g/mol. The number of carbonyl (C=O) groups excluding carboxylic acids is 1. The molecule has 1 heterocycles. The van der Waals surface area contributed by atoms with Gasteiger partial charge in [-0.1, -0.05) is 13.8 Å². The number of ether oxygens (including phenoxy) is 3. The van der Waals surface area contributed by atoms with Gasteiger partial charge in [0.1, 0.15) is 5.92 Å². The maximum Gasteiger partial charge on any atom is 0.314 e. The van der Waals surface area contributed by atoms with E-state index in [0.717, 1.165) is 12.8 Å². The summed E-state index contributed by atoms with van der Waals surface area (Å²) in [5.41, 5.74) is -0.114. The highest BCUT2D eigenvalue weighted by Crippen LogP contribution is 2.53. The summed E-state index contributed by atoms with van der Waals surface area (Å²) in [6.45, 7) is 5.27. The Morgan fingerprint density at radius 2 is 1.87 bits per heavy atom. The van der Waals surface area contributed by atoms with Crippen LogP contribution < -0.4 is 0 Å². The fourth-order valence-electron chi connectivity index (χ4n) is 2.78. The Kier molecular flexibility index (Phi) is 2.51. The van der Waals surface area contributed by atoms with Crippen molar-refractivity contribution < 1.29 is 19.0 Å². The van der Waals surface area contributed by atoms with Gasteiger partial charge in [-0.25, -0.2) is 0 Å². The fraction of sp³-hybridized carbons (Fsp3) is 0.909. The third kappa shape index (κ3) is 1.56. The molecule has 4 nitrogen and oxygen atoms in total. The van der Waals surface area contributed by atoms with Crippen LogP contribution in [-0.4, -0.2) is 32.1 Å². The molecule has 0 aromatic heterocycles. The highest BCUT2D eigenvalue weighted by Gasteiger charge is 2.60. The molecular weight excluding hydrogens is 196 g/mol. The van der Waals surface area contributed by atoms with Crippen molar-refractivity contribution in [2.75, 3.05) is 20.3 Å². The summed E-state index contributed by atoms with van der Waals surface area (Å²) < 4.78 is 16.2. The van der Waals surface area contributed by atoms with Gasteiger partial charge in [-0.2, -0.15) is 0 Å². The van der Waals surface area contributed by atoms with Crippen LogP contribution in [0.1, 0.15) is 26.7 Å². The van der Waals surface area contributed by atoms with Gasteiger partial charge < -0.3 is 14.2 Å². The molecule has 2 fully saturated rings. The predicted molar refractivity (Wildman–Crippen MR) is 53.2 cm³/mol. The Balaban J connectivity index is 2.29. The Labute approximate surface area is 89.9 Å². The summed E-state index contributed by atoms with van der Waals surface area (Å²) >= 11 is 0. The van der Waals surface area contributed by atoms with Gasteiger partial charge >= 0.3 is 5.97 Å². The zero-order chi connectivity index (χ0) is 11.1. The van der Waals surface area contributed by atoms with E-state index in [4.69, 9.17) is 14.2 Å². The average Bonchev–Trinajstić information content (AvgIpc) is 2.73. The molecule has 1 aliphatic heterocycles. The lowest BCUT2D eigenvalue weighted by molar-refractivity contribution is -0.206. The molecule has 0 amide bonds. The van der Waals surface area contributed by atoms with Crippen molar-refractivity contribution in [3.8, 4) is 0 Å². The van der Waals surface area contributed by atoms with Crippen LogP contribution in [0.25, 0.3) is 0 Å². The van der Waals surface area contributed by atoms with Crippen LogP contribution in [0.3, 0.4) is 0 Å². The van der Waals surface area contributed by atoms with Crippen molar-refractivity contribution in [2.24, 2.45) is 11.3 Å². The number of hydrogen-bond donors (Lipinski definition) is 0. The number of carbonyl (C=O) groups is 1. The first-order valence-corrected chi connectivity index (χ1v) is 5.38. The van der Waals surface area contributed by atoms with Crippen LogP contribution in [-0.2, 0) is 19.0 Å². The molecule has 15 heavy (non-hydrogen) atoms. The SMILES string of the molecule is COC(=O)C1C(C)(C)CCC12OCCO2. The van der Waals surface area contributed by atoms with Gasteiger partial charge in [0.15, 0.2) is 5.79 Å². The minimum atomic E-state index is -0.712. The summed E-state index contributed by atoms with van der Waals surface area (Å²) in [6.07, 6.45) is 1.70. The summed E-state index contributed by atoms with van der Waals surface area (Å²) in [5, 5.41) is 0. The lowest BCUT2D eigenvalue weighted by Gasteiger charge is -2.33. The lowest BCUT2D eigenvalue weighted by atomic mass is 9.80. The van der Waals surface area contributed by atoms with Gasteiger partial charge in [0.25, 0.3) is 0 Å². The molecule has 86 valence electrons. The largest absolute Gasteiger partial charge is 0.469 e. The first kappa shape index (κ1) is 10.9. The maximum absolute atomic E-state index is 11.8. The molecule has 0 N–H and O–H groups in total. The molecule has 0 bridgehead atoms. The smallest absolute Gasteiger partial charge is 0.314 e. The summed E-state index contributed by atoms with van der Waals surface area (Å²) in [7, 11) is 1.42. The Hall–Kier alpha value is -0.610. The molecule has 0 aromatic rings. The van der Waals surface area contributed by atoms with Crippen LogP contribution in [0.5, 0.6) is 0 Å². The zero-order valence-electron chi connectivity index (χ0n) is 9.54. The standard InChI is InChI=1S/C11H18O4/c1-10(2)4-5-11(14-6-7-15-11)8(10)9(12)13-3/h8H,4-7H2,1-3H3. The third-order valence-corrected chi connectivity index (χ3v) is 3.55. The number of rotatable bonds is 1. The van der Waals surface area contributed by atoms with Crippen molar-refractivity contribution in [2.45, 2.75) is 32.5 Å². The molecular formula is C11H18O4. The molecule has 1 unspecified atom stereocenters. The van der Waals surface area contributed by atoms with Crippen LogP contribution in [0.2, 0.25) is 0 Å². The van der Waals surface area contributed by atoms with E-state index in [9.17, 15) is 4.79 Å². The monoisotopic (exact) mass is 214 g/mol. The van der Waals surface area contributed by atoms with Gasteiger partial charge in [-0.05, 0) is 11.8 Å². The van der Waals surface area contributed by atoms with E-state index in [-0.39, 0.29) is 17.3 Å². The second kappa shape index (κ2) is 3.46. The zero-order valence-corrected chi connectivity index (χ0v) is 9.54. The van der Waals surface area contributed by atoms with E-state index in [1.54, 1.807) is 0 Å². The normalized spacial score (nSPS) is 32.1. The highest BCUT2D eigenvalue weighted by atomic mass is 16.7. The molecule has 1 spiro atoms. The molecule has 0 radical (unpaired) electrons. The predicted octanol–water partition coefficient (Wildman–Crippen LogP) is 1.34. The Morgan fingerprint density at radius 1 is 1.27 bits per heavy atom. The van der Waals surface area contributed by atoms with Crippen molar-refractivity contribution in [3.05, 3.63) is 0 Å². The number of methoxy groups -OCH3 is 1. The molecule has 2 aliphatic rings. The van der Waals surface area contributed by atoms with Crippen LogP contribution in [0, 0.1) is 11.3 Å². The van der Waals surface area contributed by atoms with Crippen molar-refractivity contribution in [1.82, 2.24) is 0 Å². The van der Waals surface area contributed by atoms with Crippen molar-refractivity contribution >= 4 is 5.97 Å². The number of esters is 1. The molecule has 1 saturated heterocycles. The summed E-state index contributed by atoms with van der Waals surface area (Å²) in [4.78, 5) is 11.8. The number of hydrogen-bond acceptors (Lipinski definition) is 4. The highest BCUT2D eigenvalue weighted by molar-refractivity contribution is 5.75. The van der Waals surface area contributed by atoms with Crippen molar-refractivity contribution in [1.29, 1.82) is 0 Å². The van der Waals surface area contributed by atoms with Crippen LogP contribution in [0.15, 0.2) is 0 Å². The quantitative estimate of drug-likeness (QED) is 0.618. The van der Waals surface area contributed by atoms with Gasteiger partial charge in [0, 0.05) is 6.42 Å². The fourth-order valence-corrected chi connectivity index (χ4v) is 2.78. The first-order valence-electron chi connectivity index (χ1n) is 5.38. The van der Waals surface area contributed by atoms with Gasteiger partial charge in [0.2, 0.25) is 0 Å². The Bertz CT molecular complexity index is 266. The summed E-state index contributed by atoms with van der Waals surface area (Å²) in [5.74, 6) is -1.24.